The molecule has 0 radical (unpaired) electrons. The fourth-order valence-corrected chi connectivity index (χ4v) is 4.03. The molecule has 166 valence electrons. The van der Waals surface area contributed by atoms with E-state index in [2.05, 4.69) is 4.90 Å². The topological polar surface area (TPSA) is 59.0 Å². The molecule has 0 amide bonds. The Balaban J connectivity index is 1.58. The Morgan fingerprint density at radius 1 is 1.19 bits per heavy atom. The molecule has 5 nitrogen and oxygen atoms in total. The lowest BCUT2D eigenvalue weighted by Gasteiger charge is -2.36. The van der Waals surface area contributed by atoms with Crippen LogP contribution in [0.15, 0.2) is 60.7 Å². The lowest BCUT2D eigenvalue weighted by atomic mass is 9.97. The molecule has 0 aliphatic carbocycles. The first-order valence-electron chi connectivity index (χ1n) is 10.5. The highest BCUT2D eigenvalue weighted by Gasteiger charge is 2.27. The van der Waals surface area contributed by atoms with Crippen LogP contribution < -0.4 is 14.4 Å². The summed E-state index contributed by atoms with van der Waals surface area (Å²) in [6.45, 7) is 2.19. The Kier molecular flexibility index (Phi) is 6.04. The van der Waals surface area contributed by atoms with Crippen LogP contribution in [0.5, 0.6) is 11.5 Å². The molecule has 3 aromatic carbocycles. The van der Waals surface area contributed by atoms with Crippen LogP contribution in [0.25, 0.3) is 11.1 Å². The van der Waals surface area contributed by atoms with E-state index in [-0.39, 0.29) is 11.9 Å². The molecule has 1 aliphatic heterocycles. The number of hydrogen-bond donors (Lipinski definition) is 1. The lowest BCUT2D eigenvalue weighted by Crippen LogP contribution is -2.33. The number of anilines is 1. The Morgan fingerprint density at radius 2 is 1.94 bits per heavy atom. The van der Waals surface area contributed by atoms with Gasteiger partial charge in [0.2, 0.25) is 0 Å². The van der Waals surface area contributed by atoms with E-state index in [9.17, 15) is 14.3 Å². The van der Waals surface area contributed by atoms with Gasteiger partial charge >= 0.3 is 5.97 Å². The normalized spacial score (nSPS) is 16.1. The average Bonchev–Trinajstić information content (AvgIpc) is 2.80. The van der Waals surface area contributed by atoms with Crippen molar-refractivity contribution < 1.29 is 23.8 Å². The molecule has 1 unspecified atom stereocenters. The summed E-state index contributed by atoms with van der Waals surface area (Å²) in [6.07, 6.45) is 0.460. The maximum absolute atomic E-state index is 14.3. The molecule has 3 aromatic rings. The Labute approximate surface area is 187 Å². The van der Waals surface area contributed by atoms with E-state index in [1.54, 1.807) is 26.2 Å². The molecule has 1 aliphatic rings. The SMILES string of the molecule is COc1ccc(F)c(-c2ccc(C3COc4ccc(C[C@H](C)C(=O)O)cc4N3C)cc2)c1. The molecule has 0 fully saturated rings. The molecule has 0 bridgehead atoms. The Hall–Kier alpha value is -3.54. The van der Waals surface area contributed by atoms with E-state index in [0.29, 0.717) is 24.3 Å². The van der Waals surface area contributed by atoms with Gasteiger partial charge in [0, 0.05) is 12.6 Å². The summed E-state index contributed by atoms with van der Waals surface area (Å²) in [5.41, 5.74) is 4.20. The third-order valence-corrected chi connectivity index (χ3v) is 6.01. The van der Waals surface area contributed by atoms with Gasteiger partial charge < -0.3 is 19.5 Å². The third-order valence-electron chi connectivity index (χ3n) is 6.01. The fourth-order valence-electron chi connectivity index (χ4n) is 4.03. The van der Waals surface area contributed by atoms with Crippen molar-refractivity contribution in [3.05, 3.63) is 77.6 Å². The summed E-state index contributed by atoms with van der Waals surface area (Å²) in [5.74, 6) is -0.171. The lowest BCUT2D eigenvalue weighted by molar-refractivity contribution is -0.141. The van der Waals surface area contributed by atoms with E-state index >= 15 is 0 Å². The first-order chi connectivity index (χ1) is 15.4. The predicted octanol–water partition coefficient (Wildman–Crippen LogP) is 5.33. The van der Waals surface area contributed by atoms with E-state index < -0.39 is 11.9 Å². The molecule has 1 heterocycles. The van der Waals surface area contributed by atoms with Crippen molar-refractivity contribution in [3.8, 4) is 22.6 Å². The van der Waals surface area contributed by atoms with Crippen LogP contribution in [-0.4, -0.2) is 31.8 Å². The number of ether oxygens (including phenoxy) is 2. The van der Waals surface area contributed by atoms with Crippen molar-refractivity contribution in [2.24, 2.45) is 5.92 Å². The number of hydrogen-bond acceptors (Lipinski definition) is 4. The summed E-state index contributed by atoms with van der Waals surface area (Å²) in [6, 6.07) is 18.3. The molecular formula is C26H26FNO4. The van der Waals surface area contributed by atoms with Crippen molar-refractivity contribution >= 4 is 11.7 Å². The minimum atomic E-state index is -0.808. The zero-order chi connectivity index (χ0) is 22.8. The van der Waals surface area contributed by atoms with Gasteiger partial charge in [0.05, 0.1) is 24.8 Å². The van der Waals surface area contributed by atoms with Gasteiger partial charge in [0.25, 0.3) is 0 Å². The number of likely N-dealkylation sites (N-methyl/N-ethyl adjacent to an activating group) is 1. The van der Waals surface area contributed by atoms with Crippen LogP contribution in [0.2, 0.25) is 0 Å². The molecule has 1 N–H and O–H groups in total. The zero-order valence-electron chi connectivity index (χ0n) is 18.3. The molecule has 6 heteroatoms. The number of carboxylic acid groups (broad SMARTS) is 1. The number of carboxylic acids is 1. The van der Waals surface area contributed by atoms with Crippen molar-refractivity contribution in [2.75, 3.05) is 25.7 Å². The highest BCUT2D eigenvalue weighted by atomic mass is 19.1. The number of rotatable bonds is 6. The van der Waals surface area contributed by atoms with E-state index in [1.165, 1.54) is 6.07 Å². The van der Waals surface area contributed by atoms with E-state index in [4.69, 9.17) is 9.47 Å². The smallest absolute Gasteiger partial charge is 0.306 e. The fraction of sp³-hybridized carbons (Fsp3) is 0.269. The molecule has 2 atom stereocenters. The van der Waals surface area contributed by atoms with E-state index in [0.717, 1.165) is 28.1 Å². The standard InChI is InChI=1S/C26H26FNO4/c1-16(26(29)30)12-17-4-11-25-23(13-17)28(2)24(15-32-25)19-7-5-18(6-8-19)21-14-20(31-3)9-10-22(21)27/h4-11,13-14,16,24H,12,15H2,1-3H3,(H,29,30)/t16-,24?/m0/s1. The van der Waals surface area contributed by atoms with Crippen LogP contribution in [0.4, 0.5) is 10.1 Å². The van der Waals surface area contributed by atoms with Crippen LogP contribution in [0.1, 0.15) is 24.1 Å². The third kappa shape index (κ3) is 4.26. The van der Waals surface area contributed by atoms with Gasteiger partial charge in [-0.3, -0.25) is 4.79 Å². The summed E-state index contributed by atoms with van der Waals surface area (Å²) in [7, 11) is 3.57. The van der Waals surface area contributed by atoms with Crippen LogP contribution in [-0.2, 0) is 11.2 Å². The Morgan fingerprint density at radius 3 is 2.62 bits per heavy atom. The summed E-state index contributed by atoms with van der Waals surface area (Å²) >= 11 is 0. The first kappa shape index (κ1) is 21.7. The van der Waals surface area contributed by atoms with Gasteiger partial charge in [-0.1, -0.05) is 37.3 Å². The van der Waals surface area contributed by atoms with Crippen molar-refractivity contribution in [2.45, 2.75) is 19.4 Å². The van der Waals surface area contributed by atoms with Gasteiger partial charge in [0.1, 0.15) is 23.9 Å². The van der Waals surface area contributed by atoms with Gasteiger partial charge in [-0.25, -0.2) is 4.39 Å². The second kappa shape index (κ2) is 8.91. The molecular weight excluding hydrogens is 409 g/mol. The monoisotopic (exact) mass is 435 g/mol. The van der Waals surface area contributed by atoms with Gasteiger partial charge in [-0.2, -0.15) is 0 Å². The van der Waals surface area contributed by atoms with Crippen LogP contribution in [0, 0.1) is 11.7 Å². The maximum Gasteiger partial charge on any atom is 0.306 e. The van der Waals surface area contributed by atoms with E-state index in [1.807, 2.05) is 49.5 Å². The van der Waals surface area contributed by atoms with Crippen LogP contribution >= 0.6 is 0 Å². The number of nitrogens with zero attached hydrogens (tertiary/aromatic N) is 1. The summed E-state index contributed by atoms with van der Waals surface area (Å²) in [4.78, 5) is 13.4. The zero-order valence-corrected chi connectivity index (χ0v) is 18.3. The summed E-state index contributed by atoms with van der Waals surface area (Å²) < 4.78 is 25.6. The van der Waals surface area contributed by atoms with Crippen LogP contribution in [0.3, 0.4) is 0 Å². The van der Waals surface area contributed by atoms with Gasteiger partial charge in [0.15, 0.2) is 0 Å². The largest absolute Gasteiger partial charge is 0.497 e. The Bertz CT molecular complexity index is 1130. The van der Waals surface area contributed by atoms with Gasteiger partial charge in [-0.15, -0.1) is 0 Å². The molecule has 0 aromatic heterocycles. The highest BCUT2D eigenvalue weighted by Crippen LogP contribution is 2.39. The van der Waals surface area contributed by atoms with Crippen molar-refractivity contribution in [3.63, 3.8) is 0 Å². The molecule has 4 rings (SSSR count). The molecule has 0 spiro atoms. The van der Waals surface area contributed by atoms with Gasteiger partial charge in [-0.05, 0) is 53.4 Å². The number of methoxy groups -OCH3 is 1. The predicted molar refractivity (Wildman–Crippen MR) is 122 cm³/mol. The maximum atomic E-state index is 14.3. The first-order valence-corrected chi connectivity index (χ1v) is 10.5. The van der Waals surface area contributed by atoms with Crippen molar-refractivity contribution in [1.82, 2.24) is 0 Å². The number of carbonyl (C=O) groups is 1. The number of halogens is 1. The minimum absolute atomic E-state index is 0.0150. The molecule has 32 heavy (non-hydrogen) atoms. The molecule has 0 saturated carbocycles. The quantitative estimate of drug-likeness (QED) is 0.567. The average molecular weight is 435 g/mol. The summed E-state index contributed by atoms with van der Waals surface area (Å²) in [5, 5.41) is 9.21. The number of benzene rings is 3. The number of aliphatic carboxylic acids is 1. The van der Waals surface area contributed by atoms with Crippen molar-refractivity contribution in [1.29, 1.82) is 0 Å². The second-order valence-electron chi connectivity index (χ2n) is 8.15. The minimum Gasteiger partial charge on any atom is -0.497 e. The number of fused-ring (bicyclic) bond motifs is 1. The second-order valence-corrected chi connectivity index (χ2v) is 8.15. The highest BCUT2D eigenvalue weighted by molar-refractivity contribution is 5.70. The molecule has 0 saturated heterocycles.